The zero-order valence-electron chi connectivity index (χ0n) is 9.78. The highest BCUT2D eigenvalue weighted by molar-refractivity contribution is 9.10. The first-order valence-electron chi connectivity index (χ1n) is 5.21. The Morgan fingerprint density at radius 1 is 1.32 bits per heavy atom. The zero-order valence-corrected chi connectivity index (χ0v) is 11.4. The summed E-state index contributed by atoms with van der Waals surface area (Å²) in [5.74, 6) is 0.384. The van der Waals surface area contributed by atoms with Crippen molar-refractivity contribution in [2.75, 3.05) is 0 Å². The van der Waals surface area contributed by atoms with Crippen LogP contribution in [-0.4, -0.2) is 21.1 Å². The van der Waals surface area contributed by atoms with Crippen LogP contribution in [-0.2, 0) is 13.5 Å². The molecule has 0 N–H and O–H groups in total. The van der Waals surface area contributed by atoms with Gasteiger partial charge in [-0.3, -0.25) is 0 Å². The molecular formula is C11H9BrF3N3O. The molecule has 0 atom stereocenters. The topological polar surface area (TPSA) is 39.9 Å². The van der Waals surface area contributed by atoms with Crippen molar-refractivity contribution in [2.24, 2.45) is 7.05 Å². The van der Waals surface area contributed by atoms with E-state index in [2.05, 4.69) is 30.9 Å². The Morgan fingerprint density at radius 2 is 2.05 bits per heavy atom. The standard InChI is InChI=1S/C11H9BrF3N3O/c1-18-6-16-17-10(18)4-7-2-8(12)5-9(3-7)19-11(13,14)15/h2-3,5-6H,4H2,1H3. The fourth-order valence-corrected chi connectivity index (χ4v) is 2.08. The number of aromatic nitrogens is 3. The van der Waals surface area contributed by atoms with Crippen LogP contribution in [0.3, 0.4) is 0 Å². The lowest BCUT2D eigenvalue weighted by atomic mass is 10.1. The quantitative estimate of drug-likeness (QED) is 0.865. The van der Waals surface area contributed by atoms with E-state index in [0.29, 0.717) is 22.3 Å². The molecule has 2 rings (SSSR count). The van der Waals surface area contributed by atoms with Gasteiger partial charge in [-0.2, -0.15) is 0 Å². The summed E-state index contributed by atoms with van der Waals surface area (Å²) < 4.78 is 42.7. The number of rotatable bonds is 3. The lowest BCUT2D eigenvalue weighted by Gasteiger charge is -2.11. The highest BCUT2D eigenvalue weighted by atomic mass is 79.9. The summed E-state index contributed by atoms with van der Waals surface area (Å²) in [7, 11) is 1.76. The highest BCUT2D eigenvalue weighted by Gasteiger charge is 2.31. The van der Waals surface area contributed by atoms with E-state index in [0.717, 1.165) is 0 Å². The number of benzene rings is 1. The van der Waals surface area contributed by atoms with Crippen molar-refractivity contribution in [3.8, 4) is 5.75 Å². The van der Waals surface area contributed by atoms with Crippen LogP contribution in [0.1, 0.15) is 11.4 Å². The van der Waals surface area contributed by atoms with Crippen molar-refractivity contribution >= 4 is 15.9 Å². The second kappa shape index (κ2) is 5.20. The second-order valence-corrected chi connectivity index (χ2v) is 4.79. The van der Waals surface area contributed by atoms with Crippen molar-refractivity contribution in [1.29, 1.82) is 0 Å². The van der Waals surface area contributed by atoms with E-state index in [4.69, 9.17) is 0 Å². The maximum Gasteiger partial charge on any atom is 0.573 e. The summed E-state index contributed by atoms with van der Waals surface area (Å²) in [6.07, 6.45) is -2.81. The molecule has 1 aromatic carbocycles. The molecule has 0 bridgehead atoms. The van der Waals surface area contributed by atoms with Crippen LogP contribution in [0.4, 0.5) is 13.2 Å². The van der Waals surface area contributed by atoms with E-state index < -0.39 is 6.36 Å². The molecule has 0 aliphatic heterocycles. The molecule has 0 aliphatic rings. The molecule has 19 heavy (non-hydrogen) atoms. The Labute approximate surface area is 115 Å². The molecule has 0 radical (unpaired) electrons. The van der Waals surface area contributed by atoms with Gasteiger partial charge in [0.25, 0.3) is 0 Å². The number of alkyl halides is 3. The van der Waals surface area contributed by atoms with Crippen LogP contribution >= 0.6 is 15.9 Å². The van der Waals surface area contributed by atoms with Crippen molar-refractivity contribution in [3.63, 3.8) is 0 Å². The Kier molecular flexibility index (Phi) is 3.79. The number of hydrogen-bond donors (Lipinski definition) is 0. The summed E-state index contributed by atoms with van der Waals surface area (Å²) in [5, 5.41) is 7.59. The van der Waals surface area contributed by atoms with Gasteiger partial charge in [-0.05, 0) is 23.8 Å². The zero-order chi connectivity index (χ0) is 14.0. The van der Waals surface area contributed by atoms with Crippen LogP contribution in [0.5, 0.6) is 5.75 Å². The monoisotopic (exact) mass is 335 g/mol. The van der Waals surface area contributed by atoms with Crippen LogP contribution in [0.2, 0.25) is 0 Å². The first kappa shape index (κ1) is 13.9. The molecular weight excluding hydrogens is 327 g/mol. The van der Waals surface area contributed by atoms with E-state index in [1.54, 1.807) is 17.7 Å². The predicted molar refractivity (Wildman–Crippen MR) is 64.6 cm³/mol. The Morgan fingerprint density at radius 3 is 2.63 bits per heavy atom. The fourth-order valence-electron chi connectivity index (χ4n) is 1.57. The molecule has 0 amide bonds. The molecule has 0 spiro atoms. The van der Waals surface area contributed by atoms with Gasteiger partial charge in [-0.1, -0.05) is 15.9 Å². The highest BCUT2D eigenvalue weighted by Crippen LogP contribution is 2.27. The lowest BCUT2D eigenvalue weighted by Crippen LogP contribution is -2.17. The average Bonchev–Trinajstić information content (AvgIpc) is 2.60. The molecule has 1 heterocycles. The Hall–Kier alpha value is -1.57. The largest absolute Gasteiger partial charge is 0.573 e. The first-order valence-corrected chi connectivity index (χ1v) is 6.01. The van der Waals surface area contributed by atoms with Gasteiger partial charge in [-0.15, -0.1) is 23.4 Å². The molecule has 102 valence electrons. The normalized spacial score (nSPS) is 11.6. The third-order valence-electron chi connectivity index (χ3n) is 2.33. The lowest BCUT2D eigenvalue weighted by molar-refractivity contribution is -0.274. The van der Waals surface area contributed by atoms with Crippen LogP contribution in [0.15, 0.2) is 29.0 Å². The number of hydrogen-bond acceptors (Lipinski definition) is 3. The van der Waals surface area contributed by atoms with Gasteiger partial charge in [-0.25, -0.2) is 0 Å². The third-order valence-corrected chi connectivity index (χ3v) is 2.79. The van der Waals surface area contributed by atoms with Crippen molar-refractivity contribution in [3.05, 3.63) is 40.4 Å². The van der Waals surface area contributed by atoms with E-state index >= 15 is 0 Å². The van der Waals surface area contributed by atoms with Crippen molar-refractivity contribution < 1.29 is 17.9 Å². The number of ether oxygens (including phenoxy) is 1. The van der Waals surface area contributed by atoms with E-state index in [1.165, 1.54) is 18.5 Å². The van der Waals surface area contributed by atoms with Gasteiger partial charge >= 0.3 is 6.36 Å². The summed E-state index contributed by atoms with van der Waals surface area (Å²) in [6, 6.07) is 4.29. The summed E-state index contributed by atoms with van der Waals surface area (Å²) in [4.78, 5) is 0. The van der Waals surface area contributed by atoms with E-state index in [-0.39, 0.29) is 5.75 Å². The molecule has 1 aromatic heterocycles. The summed E-state index contributed by atoms with van der Waals surface area (Å²) in [5.41, 5.74) is 0.643. The van der Waals surface area contributed by atoms with Gasteiger partial charge < -0.3 is 9.30 Å². The van der Waals surface area contributed by atoms with Gasteiger partial charge in [0, 0.05) is 17.9 Å². The molecule has 0 unspecified atom stereocenters. The Bertz CT molecular complexity index is 583. The molecule has 0 aliphatic carbocycles. The van der Waals surface area contributed by atoms with Crippen LogP contribution < -0.4 is 4.74 Å². The van der Waals surface area contributed by atoms with Crippen molar-refractivity contribution in [1.82, 2.24) is 14.8 Å². The maximum absolute atomic E-state index is 12.2. The van der Waals surface area contributed by atoms with Gasteiger partial charge in [0.2, 0.25) is 0 Å². The summed E-state index contributed by atoms with van der Waals surface area (Å²) in [6.45, 7) is 0. The van der Waals surface area contributed by atoms with E-state index in [9.17, 15) is 13.2 Å². The third kappa shape index (κ3) is 3.95. The van der Waals surface area contributed by atoms with Crippen LogP contribution in [0.25, 0.3) is 0 Å². The average molecular weight is 336 g/mol. The fraction of sp³-hybridized carbons (Fsp3) is 0.273. The van der Waals surface area contributed by atoms with Crippen LogP contribution in [0, 0.1) is 0 Å². The minimum atomic E-state index is -4.71. The molecule has 0 saturated carbocycles. The predicted octanol–water partition coefficient (Wildman–Crippen LogP) is 3.07. The van der Waals surface area contributed by atoms with E-state index in [1.807, 2.05) is 0 Å². The van der Waals surface area contributed by atoms with Crippen molar-refractivity contribution in [2.45, 2.75) is 12.8 Å². The molecule has 2 aromatic rings. The minimum absolute atomic E-state index is 0.265. The first-order chi connectivity index (χ1) is 8.83. The second-order valence-electron chi connectivity index (χ2n) is 3.88. The SMILES string of the molecule is Cn1cnnc1Cc1cc(Br)cc(OC(F)(F)F)c1. The smallest absolute Gasteiger partial charge is 0.406 e. The minimum Gasteiger partial charge on any atom is -0.406 e. The Balaban J connectivity index is 2.24. The molecule has 0 saturated heterocycles. The maximum atomic E-state index is 12.2. The van der Waals surface area contributed by atoms with Gasteiger partial charge in [0.15, 0.2) is 0 Å². The molecule has 4 nitrogen and oxygen atoms in total. The van der Waals surface area contributed by atoms with Gasteiger partial charge in [0.1, 0.15) is 17.9 Å². The van der Waals surface area contributed by atoms with Gasteiger partial charge in [0.05, 0.1) is 0 Å². The molecule has 8 heteroatoms. The summed E-state index contributed by atoms with van der Waals surface area (Å²) >= 11 is 3.15. The number of halogens is 4. The number of aryl methyl sites for hydroxylation is 1. The molecule has 0 fully saturated rings. The number of nitrogens with zero attached hydrogens (tertiary/aromatic N) is 3.